The van der Waals surface area contributed by atoms with Crippen LogP contribution in [0.2, 0.25) is 0 Å². The summed E-state index contributed by atoms with van der Waals surface area (Å²) in [5, 5.41) is 4.18. The Balaban J connectivity index is 1.38. The fourth-order valence-corrected chi connectivity index (χ4v) is 4.37. The second-order valence-electron chi connectivity index (χ2n) is 8.49. The number of hydrogen-bond acceptors (Lipinski definition) is 3. The van der Waals surface area contributed by atoms with Gasteiger partial charge in [0.1, 0.15) is 0 Å². The highest BCUT2D eigenvalue weighted by molar-refractivity contribution is 5.96. The van der Waals surface area contributed by atoms with Crippen LogP contribution in [0.15, 0.2) is 73.2 Å². The van der Waals surface area contributed by atoms with Crippen molar-refractivity contribution in [3.8, 4) is 0 Å². The Labute approximate surface area is 175 Å². The molecular weight excluding hydrogens is 372 g/mol. The Morgan fingerprint density at radius 1 is 1.13 bits per heavy atom. The molecule has 2 N–H and O–H groups in total. The summed E-state index contributed by atoms with van der Waals surface area (Å²) in [5.74, 6) is -0.0125. The summed E-state index contributed by atoms with van der Waals surface area (Å²) in [6.07, 6.45) is 5.90. The van der Waals surface area contributed by atoms with Gasteiger partial charge in [0.2, 0.25) is 5.91 Å². The van der Waals surface area contributed by atoms with Gasteiger partial charge in [-0.3, -0.25) is 9.78 Å². The number of benzene rings is 2. The lowest BCUT2D eigenvalue weighted by Gasteiger charge is -2.22. The zero-order valence-electron chi connectivity index (χ0n) is 17.1. The van der Waals surface area contributed by atoms with Gasteiger partial charge in [0.25, 0.3) is 0 Å². The SMILES string of the molecule is CC1(C)CN(c2ccncc2)c2ccc(NC(=O)Cc3c[nH]c4ccccc34)cc21. The molecule has 1 aliphatic rings. The van der Waals surface area contributed by atoms with Crippen molar-refractivity contribution < 1.29 is 4.79 Å². The molecule has 0 bridgehead atoms. The van der Waals surface area contributed by atoms with E-state index >= 15 is 0 Å². The fourth-order valence-electron chi connectivity index (χ4n) is 4.37. The molecule has 0 radical (unpaired) electrons. The van der Waals surface area contributed by atoms with Crippen molar-refractivity contribution in [1.29, 1.82) is 0 Å². The molecule has 150 valence electrons. The van der Waals surface area contributed by atoms with Gasteiger partial charge >= 0.3 is 0 Å². The number of pyridine rings is 1. The molecule has 3 heterocycles. The zero-order valence-corrected chi connectivity index (χ0v) is 17.1. The lowest BCUT2D eigenvalue weighted by atomic mass is 9.87. The normalized spacial score (nSPS) is 14.7. The number of hydrogen-bond donors (Lipinski definition) is 2. The Bertz CT molecular complexity index is 1230. The van der Waals surface area contributed by atoms with Crippen LogP contribution in [0.4, 0.5) is 17.1 Å². The van der Waals surface area contributed by atoms with Crippen LogP contribution in [0.25, 0.3) is 10.9 Å². The first-order chi connectivity index (χ1) is 14.5. The van der Waals surface area contributed by atoms with E-state index < -0.39 is 0 Å². The molecule has 0 spiro atoms. The smallest absolute Gasteiger partial charge is 0.228 e. The molecule has 0 aliphatic carbocycles. The van der Waals surface area contributed by atoms with Crippen molar-refractivity contribution in [1.82, 2.24) is 9.97 Å². The Hall–Kier alpha value is -3.60. The molecule has 2 aromatic heterocycles. The topological polar surface area (TPSA) is 61.0 Å². The first-order valence-electron chi connectivity index (χ1n) is 10.2. The average molecular weight is 396 g/mol. The number of para-hydroxylation sites is 1. The molecule has 5 rings (SSSR count). The van der Waals surface area contributed by atoms with E-state index in [1.807, 2.05) is 61.1 Å². The van der Waals surface area contributed by atoms with Gasteiger partial charge in [-0.15, -0.1) is 0 Å². The van der Waals surface area contributed by atoms with Crippen LogP contribution in [0.3, 0.4) is 0 Å². The molecule has 1 amide bonds. The molecule has 2 aromatic carbocycles. The molecular formula is C25H24N4O. The minimum atomic E-state index is -0.0177. The molecule has 0 saturated heterocycles. The largest absolute Gasteiger partial charge is 0.361 e. The van der Waals surface area contributed by atoms with Crippen LogP contribution in [0.1, 0.15) is 25.0 Å². The number of nitrogens with one attached hydrogen (secondary N) is 2. The van der Waals surface area contributed by atoms with Crippen LogP contribution in [-0.2, 0) is 16.6 Å². The average Bonchev–Trinajstić information content (AvgIpc) is 3.27. The van der Waals surface area contributed by atoms with E-state index in [0.29, 0.717) is 6.42 Å². The van der Waals surface area contributed by atoms with E-state index in [1.54, 1.807) is 0 Å². The number of nitrogens with zero attached hydrogens (tertiary/aromatic N) is 2. The van der Waals surface area contributed by atoms with Crippen molar-refractivity contribution in [3.63, 3.8) is 0 Å². The van der Waals surface area contributed by atoms with Crippen LogP contribution < -0.4 is 10.2 Å². The van der Waals surface area contributed by atoms with Crippen LogP contribution in [0.5, 0.6) is 0 Å². The molecule has 30 heavy (non-hydrogen) atoms. The van der Waals surface area contributed by atoms with E-state index in [0.717, 1.165) is 34.4 Å². The second-order valence-corrected chi connectivity index (χ2v) is 8.49. The number of amides is 1. The summed E-state index contributed by atoms with van der Waals surface area (Å²) < 4.78 is 0. The standard InChI is InChI=1S/C25H24N4O/c1-25(2)16-29(19-9-11-26-12-10-19)23-8-7-18(14-21(23)25)28-24(30)13-17-15-27-22-6-4-3-5-20(17)22/h3-12,14-15,27H,13,16H2,1-2H3,(H,28,30). The molecule has 5 heteroatoms. The maximum atomic E-state index is 12.7. The first-order valence-corrected chi connectivity index (χ1v) is 10.2. The fraction of sp³-hybridized carbons (Fsp3) is 0.200. The maximum absolute atomic E-state index is 12.7. The van der Waals surface area contributed by atoms with Gasteiger partial charge in [0.15, 0.2) is 0 Å². The summed E-state index contributed by atoms with van der Waals surface area (Å²) in [6, 6.07) is 18.3. The number of H-pyrrole nitrogens is 1. The third-order valence-corrected chi connectivity index (χ3v) is 5.85. The second kappa shape index (κ2) is 7.02. The van der Waals surface area contributed by atoms with Gasteiger partial charge in [-0.2, -0.15) is 0 Å². The van der Waals surface area contributed by atoms with Gasteiger partial charge in [-0.1, -0.05) is 32.0 Å². The summed E-state index contributed by atoms with van der Waals surface area (Å²) in [5.41, 5.74) is 6.43. The molecule has 5 nitrogen and oxygen atoms in total. The minimum absolute atomic E-state index is 0.0125. The summed E-state index contributed by atoms with van der Waals surface area (Å²) >= 11 is 0. The predicted octanol–water partition coefficient (Wildman–Crippen LogP) is 5.17. The summed E-state index contributed by atoms with van der Waals surface area (Å²) in [4.78, 5) is 22.4. The van der Waals surface area contributed by atoms with Crippen molar-refractivity contribution in [2.45, 2.75) is 25.7 Å². The van der Waals surface area contributed by atoms with Gasteiger partial charge in [-0.05, 0) is 47.5 Å². The highest BCUT2D eigenvalue weighted by Crippen LogP contribution is 2.45. The number of aromatic nitrogens is 2. The van der Waals surface area contributed by atoms with Crippen molar-refractivity contribution >= 4 is 33.9 Å². The molecule has 4 aromatic rings. The van der Waals surface area contributed by atoms with E-state index in [-0.39, 0.29) is 11.3 Å². The molecule has 1 aliphatic heterocycles. The Kier molecular flexibility index (Phi) is 4.31. The molecule has 0 saturated carbocycles. The molecule has 0 unspecified atom stereocenters. The predicted molar refractivity (Wildman–Crippen MR) is 121 cm³/mol. The van der Waals surface area contributed by atoms with E-state index in [9.17, 15) is 4.79 Å². The van der Waals surface area contributed by atoms with E-state index in [4.69, 9.17) is 0 Å². The van der Waals surface area contributed by atoms with Gasteiger partial charge in [0.05, 0.1) is 6.42 Å². The van der Waals surface area contributed by atoms with Crippen LogP contribution in [-0.4, -0.2) is 22.4 Å². The van der Waals surface area contributed by atoms with Gasteiger partial charge < -0.3 is 15.2 Å². The van der Waals surface area contributed by atoms with Crippen molar-refractivity contribution in [3.05, 3.63) is 84.3 Å². The zero-order chi connectivity index (χ0) is 20.7. The lowest BCUT2D eigenvalue weighted by molar-refractivity contribution is -0.115. The maximum Gasteiger partial charge on any atom is 0.228 e. The molecule has 0 fully saturated rings. The van der Waals surface area contributed by atoms with E-state index in [2.05, 4.69) is 46.2 Å². The number of fused-ring (bicyclic) bond motifs is 2. The first kappa shape index (κ1) is 18.4. The Morgan fingerprint density at radius 3 is 2.77 bits per heavy atom. The van der Waals surface area contributed by atoms with Crippen molar-refractivity contribution in [2.75, 3.05) is 16.8 Å². The van der Waals surface area contributed by atoms with Crippen molar-refractivity contribution in [2.24, 2.45) is 0 Å². The van der Waals surface area contributed by atoms with Crippen LogP contribution >= 0.6 is 0 Å². The van der Waals surface area contributed by atoms with Gasteiger partial charge in [-0.25, -0.2) is 0 Å². The Morgan fingerprint density at radius 2 is 1.93 bits per heavy atom. The quantitative estimate of drug-likeness (QED) is 0.500. The summed E-state index contributed by atoms with van der Waals surface area (Å²) in [6.45, 7) is 5.37. The third-order valence-electron chi connectivity index (χ3n) is 5.85. The third kappa shape index (κ3) is 3.22. The highest BCUT2D eigenvalue weighted by Gasteiger charge is 2.36. The molecule has 0 atom stereocenters. The monoisotopic (exact) mass is 396 g/mol. The minimum Gasteiger partial charge on any atom is -0.361 e. The number of rotatable bonds is 4. The summed E-state index contributed by atoms with van der Waals surface area (Å²) in [7, 11) is 0. The number of carbonyl (C=O) groups is 1. The highest BCUT2D eigenvalue weighted by atomic mass is 16.1. The van der Waals surface area contributed by atoms with Gasteiger partial charge in [0, 0.05) is 58.5 Å². The van der Waals surface area contributed by atoms with Crippen LogP contribution in [0, 0.1) is 0 Å². The van der Waals surface area contributed by atoms with E-state index in [1.165, 1.54) is 11.3 Å². The number of carbonyl (C=O) groups excluding carboxylic acids is 1. The number of aromatic amines is 1. The lowest BCUT2D eigenvalue weighted by Crippen LogP contribution is -2.25. The number of anilines is 3.